The monoisotopic (exact) mass is 298 g/mol. The van der Waals surface area contributed by atoms with E-state index in [1.807, 2.05) is 24.4 Å². The molecule has 2 aromatic rings. The molecule has 1 fully saturated rings. The highest BCUT2D eigenvalue weighted by molar-refractivity contribution is 5.52. The summed E-state index contributed by atoms with van der Waals surface area (Å²) >= 11 is 0. The molecule has 0 N–H and O–H groups in total. The lowest BCUT2D eigenvalue weighted by Crippen LogP contribution is -2.46. The highest BCUT2D eigenvalue weighted by Gasteiger charge is 2.18. The lowest BCUT2D eigenvalue weighted by atomic mass is 10.2. The number of aromatic nitrogens is 1. The van der Waals surface area contributed by atoms with Gasteiger partial charge in [-0.1, -0.05) is 0 Å². The Hall–Kier alpha value is -2.63. The summed E-state index contributed by atoms with van der Waals surface area (Å²) in [5, 5.41) is 10.7. The third kappa shape index (κ3) is 3.00. The van der Waals surface area contributed by atoms with Gasteiger partial charge in [-0.15, -0.1) is 0 Å². The van der Waals surface area contributed by atoms with Crippen molar-refractivity contribution in [3.63, 3.8) is 0 Å². The molecule has 0 radical (unpaired) electrons. The molecule has 1 saturated heterocycles. The zero-order chi connectivity index (χ0) is 15.5. The minimum Gasteiger partial charge on any atom is -0.368 e. The number of hydrogen-bond acceptors (Lipinski definition) is 5. The molecule has 0 aliphatic carbocycles. The van der Waals surface area contributed by atoms with E-state index in [2.05, 4.69) is 27.8 Å². The Morgan fingerprint density at radius 3 is 2.27 bits per heavy atom. The number of nitrogens with zero attached hydrogens (tertiary/aromatic N) is 4. The first-order chi connectivity index (χ1) is 10.6. The Balaban J connectivity index is 1.65. The maximum absolute atomic E-state index is 10.7. The number of anilines is 2. The molecule has 0 spiro atoms. The average Bonchev–Trinajstić information content (AvgIpc) is 2.55. The van der Waals surface area contributed by atoms with Crippen molar-refractivity contribution in [2.75, 3.05) is 36.0 Å². The van der Waals surface area contributed by atoms with Crippen molar-refractivity contribution in [3.8, 4) is 0 Å². The molecule has 0 bridgehead atoms. The van der Waals surface area contributed by atoms with E-state index in [0.29, 0.717) is 0 Å². The van der Waals surface area contributed by atoms with Crippen molar-refractivity contribution < 1.29 is 4.92 Å². The fourth-order valence-corrected chi connectivity index (χ4v) is 2.67. The first-order valence-electron chi connectivity index (χ1n) is 7.30. The molecule has 1 aliphatic rings. The molecule has 1 aromatic carbocycles. The summed E-state index contributed by atoms with van der Waals surface area (Å²) in [7, 11) is 0. The molecule has 6 nitrogen and oxygen atoms in total. The van der Waals surface area contributed by atoms with Gasteiger partial charge in [0.2, 0.25) is 0 Å². The molecule has 114 valence electrons. The summed E-state index contributed by atoms with van der Waals surface area (Å²) in [6, 6.07) is 10.9. The van der Waals surface area contributed by atoms with Crippen LogP contribution in [0.5, 0.6) is 0 Å². The van der Waals surface area contributed by atoms with E-state index in [-0.39, 0.29) is 10.6 Å². The van der Waals surface area contributed by atoms with Crippen molar-refractivity contribution in [2.24, 2.45) is 0 Å². The van der Waals surface area contributed by atoms with Crippen LogP contribution >= 0.6 is 0 Å². The number of aryl methyl sites for hydroxylation is 1. The van der Waals surface area contributed by atoms with Gasteiger partial charge in [0.25, 0.3) is 5.69 Å². The normalized spacial score (nSPS) is 15.0. The third-order valence-electron chi connectivity index (χ3n) is 3.93. The van der Waals surface area contributed by atoms with E-state index in [4.69, 9.17) is 0 Å². The second-order valence-electron chi connectivity index (χ2n) is 5.44. The first kappa shape index (κ1) is 14.3. The van der Waals surface area contributed by atoms with Crippen LogP contribution in [0.25, 0.3) is 0 Å². The summed E-state index contributed by atoms with van der Waals surface area (Å²) < 4.78 is 0. The molecule has 3 rings (SSSR count). The number of nitro groups is 1. The number of pyridine rings is 1. The number of piperazine rings is 1. The van der Waals surface area contributed by atoms with Crippen LogP contribution in [0.1, 0.15) is 5.56 Å². The van der Waals surface area contributed by atoms with Crippen LogP contribution < -0.4 is 9.80 Å². The predicted octanol–water partition coefficient (Wildman–Crippen LogP) is 2.62. The third-order valence-corrected chi connectivity index (χ3v) is 3.93. The van der Waals surface area contributed by atoms with E-state index >= 15 is 0 Å². The molecule has 2 heterocycles. The van der Waals surface area contributed by atoms with E-state index in [0.717, 1.165) is 37.7 Å². The van der Waals surface area contributed by atoms with Crippen LogP contribution in [0.2, 0.25) is 0 Å². The summed E-state index contributed by atoms with van der Waals surface area (Å²) in [5.41, 5.74) is 2.37. The Labute approximate surface area is 129 Å². The van der Waals surface area contributed by atoms with Crippen LogP contribution in [0, 0.1) is 17.0 Å². The Kier molecular flexibility index (Phi) is 3.91. The molecule has 1 aromatic heterocycles. The number of benzene rings is 1. The number of hydrogen-bond donors (Lipinski definition) is 0. The molecule has 6 heteroatoms. The van der Waals surface area contributed by atoms with Gasteiger partial charge < -0.3 is 9.80 Å². The van der Waals surface area contributed by atoms with Crippen molar-refractivity contribution >= 4 is 17.2 Å². The Morgan fingerprint density at radius 2 is 1.68 bits per heavy atom. The van der Waals surface area contributed by atoms with Crippen LogP contribution in [0.3, 0.4) is 0 Å². The standard InChI is InChI=1S/C16H18N4O2/c1-13-6-7-17-16(12-13)19-10-8-18(9-11-19)14-2-4-15(5-3-14)20(21)22/h2-7,12H,8-11H2,1H3. The number of rotatable bonds is 3. The van der Waals surface area contributed by atoms with Gasteiger partial charge in [-0.3, -0.25) is 10.1 Å². The minimum atomic E-state index is -0.370. The summed E-state index contributed by atoms with van der Waals surface area (Å²) in [5.74, 6) is 1.02. The largest absolute Gasteiger partial charge is 0.368 e. The molecule has 1 aliphatic heterocycles. The van der Waals surface area contributed by atoms with Crippen molar-refractivity contribution in [1.29, 1.82) is 0 Å². The molecular formula is C16H18N4O2. The first-order valence-corrected chi connectivity index (χ1v) is 7.30. The lowest BCUT2D eigenvalue weighted by molar-refractivity contribution is -0.384. The Morgan fingerprint density at radius 1 is 1.05 bits per heavy atom. The van der Waals surface area contributed by atoms with Gasteiger partial charge in [0.1, 0.15) is 5.82 Å². The summed E-state index contributed by atoms with van der Waals surface area (Å²) in [6.07, 6.45) is 1.84. The van der Waals surface area contributed by atoms with Gasteiger partial charge >= 0.3 is 0 Å². The maximum atomic E-state index is 10.7. The number of non-ortho nitro benzene ring substituents is 1. The van der Waals surface area contributed by atoms with Crippen LogP contribution in [-0.2, 0) is 0 Å². The van der Waals surface area contributed by atoms with Crippen molar-refractivity contribution in [1.82, 2.24) is 4.98 Å². The fraction of sp³-hybridized carbons (Fsp3) is 0.312. The molecule has 0 saturated carbocycles. The smallest absolute Gasteiger partial charge is 0.269 e. The minimum absolute atomic E-state index is 0.131. The van der Waals surface area contributed by atoms with E-state index < -0.39 is 0 Å². The molecule has 0 atom stereocenters. The topological polar surface area (TPSA) is 62.5 Å². The lowest BCUT2D eigenvalue weighted by Gasteiger charge is -2.36. The van der Waals surface area contributed by atoms with Crippen molar-refractivity contribution in [2.45, 2.75) is 6.92 Å². The average molecular weight is 298 g/mol. The molecular weight excluding hydrogens is 280 g/mol. The second kappa shape index (κ2) is 6.01. The van der Waals surface area contributed by atoms with Gasteiger partial charge in [0, 0.05) is 50.2 Å². The number of nitro benzene ring substituents is 1. The molecule has 0 unspecified atom stereocenters. The highest BCUT2D eigenvalue weighted by Crippen LogP contribution is 2.22. The SMILES string of the molecule is Cc1ccnc(N2CCN(c3ccc([N+](=O)[O-])cc3)CC2)c1. The maximum Gasteiger partial charge on any atom is 0.269 e. The van der Waals surface area contributed by atoms with E-state index in [1.165, 1.54) is 5.56 Å². The van der Waals surface area contributed by atoms with Gasteiger partial charge in [0.15, 0.2) is 0 Å². The summed E-state index contributed by atoms with van der Waals surface area (Å²) in [4.78, 5) is 19.3. The van der Waals surface area contributed by atoms with Crippen molar-refractivity contribution in [3.05, 3.63) is 58.3 Å². The zero-order valence-corrected chi connectivity index (χ0v) is 12.5. The summed E-state index contributed by atoms with van der Waals surface area (Å²) in [6.45, 7) is 5.63. The van der Waals surface area contributed by atoms with E-state index in [1.54, 1.807) is 12.1 Å². The van der Waals surface area contributed by atoms with Crippen LogP contribution in [-0.4, -0.2) is 36.1 Å². The highest BCUT2D eigenvalue weighted by atomic mass is 16.6. The van der Waals surface area contributed by atoms with Gasteiger partial charge in [0.05, 0.1) is 4.92 Å². The second-order valence-corrected chi connectivity index (χ2v) is 5.44. The predicted molar refractivity (Wildman–Crippen MR) is 86.5 cm³/mol. The quantitative estimate of drug-likeness (QED) is 0.644. The fourth-order valence-electron chi connectivity index (χ4n) is 2.67. The van der Waals surface area contributed by atoms with E-state index in [9.17, 15) is 10.1 Å². The zero-order valence-electron chi connectivity index (χ0n) is 12.5. The Bertz CT molecular complexity index is 664. The molecule has 22 heavy (non-hydrogen) atoms. The van der Waals surface area contributed by atoms with Gasteiger partial charge in [-0.25, -0.2) is 4.98 Å². The van der Waals surface area contributed by atoms with Gasteiger partial charge in [-0.05, 0) is 36.8 Å². The molecule has 0 amide bonds. The van der Waals surface area contributed by atoms with Gasteiger partial charge in [-0.2, -0.15) is 0 Å². The van der Waals surface area contributed by atoms with Crippen LogP contribution in [0.15, 0.2) is 42.6 Å². The van der Waals surface area contributed by atoms with Crippen LogP contribution in [0.4, 0.5) is 17.2 Å².